The Bertz CT molecular complexity index is 1010. The van der Waals surface area contributed by atoms with Gasteiger partial charge in [-0.05, 0) is 35.9 Å². The van der Waals surface area contributed by atoms with Crippen LogP contribution < -0.4 is 10.9 Å². The van der Waals surface area contributed by atoms with E-state index in [9.17, 15) is 22.8 Å². The Labute approximate surface area is 152 Å². The first kappa shape index (κ1) is 18.4. The summed E-state index contributed by atoms with van der Waals surface area (Å²) in [4.78, 5) is 24.3. The smallest absolute Gasteiger partial charge is 0.347 e. The van der Waals surface area contributed by atoms with Crippen LogP contribution in [-0.2, 0) is 12.7 Å². The maximum Gasteiger partial charge on any atom is 0.416 e. The van der Waals surface area contributed by atoms with Crippen molar-refractivity contribution in [2.24, 2.45) is 0 Å². The van der Waals surface area contributed by atoms with Crippen LogP contribution >= 0.6 is 0 Å². The number of carbonyl (C=O) groups is 1. The average molecular weight is 373 g/mol. The van der Waals surface area contributed by atoms with E-state index in [2.05, 4.69) is 10.4 Å². The molecule has 0 radical (unpaired) electrons. The molecular formula is C19H14F3N3O2. The number of amides is 1. The highest BCUT2D eigenvalue weighted by molar-refractivity contribution is 5.92. The van der Waals surface area contributed by atoms with Crippen LogP contribution in [0.5, 0.6) is 0 Å². The molecule has 0 saturated carbocycles. The average Bonchev–Trinajstić information content (AvgIpc) is 2.67. The first-order valence-corrected chi connectivity index (χ1v) is 7.95. The normalized spacial score (nSPS) is 11.2. The molecule has 2 aromatic carbocycles. The molecule has 1 aromatic heterocycles. The number of hydrogen-bond acceptors (Lipinski definition) is 3. The molecule has 1 N–H and O–H groups in total. The number of nitrogens with zero attached hydrogens (tertiary/aromatic N) is 2. The lowest BCUT2D eigenvalue weighted by Crippen LogP contribution is -2.28. The molecule has 1 heterocycles. The van der Waals surface area contributed by atoms with E-state index in [1.54, 1.807) is 30.3 Å². The van der Waals surface area contributed by atoms with Gasteiger partial charge in [-0.25, -0.2) is 0 Å². The van der Waals surface area contributed by atoms with Crippen molar-refractivity contribution in [3.8, 4) is 5.69 Å². The van der Waals surface area contributed by atoms with Gasteiger partial charge in [0.1, 0.15) is 5.69 Å². The fourth-order valence-electron chi connectivity index (χ4n) is 2.42. The van der Waals surface area contributed by atoms with Gasteiger partial charge in [-0.3, -0.25) is 9.59 Å². The van der Waals surface area contributed by atoms with Gasteiger partial charge in [0, 0.05) is 12.6 Å². The number of para-hydroxylation sites is 1. The topological polar surface area (TPSA) is 64.0 Å². The Hall–Kier alpha value is -3.42. The van der Waals surface area contributed by atoms with Crippen LogP contribution in [0.3, 0.4) is 0 Å². The second kappa shape index (κ2) is 7.45. The van der Waals surface area contributed by atoms with E-state index < -0.39 is 23.2 Å². The molecule has 1 amide bonds. The minimum atomic E-state index is -4.45. The maximum atomic E-state index is 12.7. The Morgan fingerprint density at radius 1 is 1.00 bits per heavy atom. The molecule has 138 valence electrons. The van der Waals surface area contributed by atoms with Gasteiger partial charge in [0.25, 0.3) is 11.5 Å². The third kappa shape index (κ3) is 4.41. The minimum absolute atomic E-state index is 0.0228. The van der Waals surface area contributed by atoms with Crippen LogP contribution in [0.25, 0.3) is 5.69 Å². The predicted octanol–water partition coefficient (Wildman–Crippen LogP) is 3.18. The Balaban J connectivity index is 1.77. The lowest BCUT2D eigenvalue weighted by molar-refractivity contribution is -0.137. The zero-order valence-corrected chi connectivity index (χ0v) is 13.9. The maximum absolute atomic E-state index is 12.7. The molecule has 0 aliphatic heterocycles. The molecule has 3 rings (SSSR count). The number of halogens is 3. The van der Waals surface area contributed by atoms with E-state index in [1.807, 2.05) is 0 Å². The molecule has 0 aliphatic rings. The summed E-state index contributed by atoms with van der Waals surface area (Å²) in [5.41, 5.74) is -0.421. The molecule has 0 saturated heterocycles. The van der Waals surface area contributed by atoms with Crippen molar-refractivity contribution in [1.29, 1.82) is 0 Å². The zero-order chi connectivity index (χ0) is 19.4. The molecule has 0 fully saturated rings. The SMILES string of the molecule is O=C(NCc1cccc(C(F)(F)F)c1)c1ccc(=O)n(-c2ccccc2)n1. The van der Waals surface area contributed by atoms with Crippen LogP contribution in [0.15, 0.2) is 71.5 Å². The summed E-state index contributed by atoms with van der Waals surface area (Å²) in [5.74, 6) is -0.600. The quantitative estimate of drug-likeness (QED) is 0.764. The highest BCUT2D eigenvalue weighted by Gasteiger charge is 2.30. The van der Waals surface area contributed by atoms with E-state index in [-0.39, 0.29) is 12.2 Å². The van der Waals surface area contributed by atoms with Gasteiger partial charge in [-0.15, -0.1) is 0 Å². The number of benzene rings is 2. The number of aromatic nitrogens is 2. The van der Waals surface area contributed by atoms with Gasteiger partial charge < -0.3 is 5.32 Å². The summed E-state index contributed by atoms with van der Waals surface area (Å²) in [6.45, 7) is -0.102. The fourth-order valence-corrected chi connectivity index (χ4v) is 2.42. The number of rotatable bonds is 4. The second-order valence-electron chi connectivity index (χ2n) is 5.68. The molecule has 8 heteroatoms. The lowest BCUT2D eigenvalue weighted by Gasteiger charge is -2.10. The third-order valence-corrected chi connectivity index (χ3v) is 3.74. The molecule has 3 aromatic rings. The number of carbonyl (C=O) groups excluding carboxylic acids is 1. The number of nitrogens with one attached hydrogen (secondary N) is 1. The largest absolute Gasteiger partial charge is 0.416 e. The molecule has 0 bridgehead atoms. The fraction of sp³-hybridized carbons (Fsp3) is 0.105. The van der Waals surface area contributed by atoms with Crippen LogP contribution in [0, 0.1) is 0 Å². The van der Waals surface area contributed by atoms with E-state index in [1.165, 1.54) is 24.3 Å². The van der Waals surface area contributed by atoms with Crippen molar-refractivity contribution in [3.05, 3.63) is 93.9 Å². The highest BCUT2D eigenvalue weighted by atomic mass is 19.4. The van der Waals surface area contributed by atoms with Crippen LogP contribution in [0.1, 0.15) is 21.6 Å². The Morgan fingerprint density at radius 3 is 2.44 bits per heavy atom. The van der Waals surface area contributed by atoms with Gasteiger partial charge in [0.05, 0.1) is 11.3 Å². The summed E-state index contributed by atoms with van der Waals surface area (Å²) in [6.07, 6.45) is -4.45. The zero-order valence-electron chi connectivity index (χ0n) is 13.9. The molecule has 0 spiro atoms. The van der Waals surface area contributed by atoms with Gasteiger partial charge in [-0.1, -0.05) is 30.3 Å². The van der Waals surface area contributed by atoms with Crippen molar-refractivity contribution in [1.82, 2.24) is 15.1 Å². The highest BCUT2D eigenvalue weighted by Crippen LogP contribution is 2.29. The van der Waals surface area contributed by atoms with Crippen LogP contribution in [-0.4, -0.2) is 15.7 Å². The summed E-state index contributed by atoms with van der Waals surface area (Å²) in [5, 5.41) is 6.53. The third-order valence-electron chi connectivity index (χ3n) is 3.74. The van der Waals surface area contributed by atoms with Crippen LogP contribution in [0.4, 0.5) is 13.2 Å². The van der Waals surface area contributed by atoms with Crippen LogP contribution in [0.2, 0.25) is 0 Å². The molecule has 5 nitrogen and oxygen atoms in total. The molecule has 0 aliphatic carbocycles. The van der Waals surface area contributed by atoms with Gasteiger partial charge in [-0.2, -0.15) is 23.0 Å². The first-order valence-electron chi connectivity index (χ1n) is 7.95. The minimum Gasteiger partial charge on any atom is -0.347 e. The van der Waals surface area contributed by atoms with Gasteiger partial charge in [0.2, 0.25) is 0 Å². The summed E-state index contributed by atoms with van der Waals surface area (Å²) in [6, 6.07) is 15.7. The van der Waals surface area contributed by atoms with Crippen molar-refractivity contribution < 1.29 is 18.0 Å². The van der Waals surface area contributed by atoms with E-state index in [0.717, 1.165) is 16.8 Å². The van der Waals surface area contributed by atoms with Crippen molar-refractivity contribution in [2.75, 3.05) is 0 Å². The summed E-state index contributed by atoms with van der Waals surface area (Å²) in [7, 11) is 0. The van der Waals surface area contributed by atoms with Gasteiger partial charge >= 0.3 is 6.18 Å². The number of alkyl halides is 3. The summed E-state index contributed by atoms with van der Waals surface area (Å²) < 4.78 is 39.3. The number of hydrogen-bond donors (Lipinski definition) is 1. The second-order valence-corrected chi connectivity index (χ2v) is 5.68. The van der Waals surface area contributed by atoms with E-state index in [0.29, 0.717) is 11.3 Å². The molecular weight excluding hydrogens is 359 g/mol. The van der Waals surface area contributed by atoms with Crippen molar-refractivity contribution in [3.63, 3.8) is 0 Å². The van der Waals surface area contributed by atoms with E-state index in [4.69, 9.17) is 0 Å². The first-order chi connectivity index (χ1) is 12.8. The Kier molecular flexibility index (Phi) is 5.07. The monoisotopic (exact) mass is 373 g/mol. The summed E-state index contributed by atoms with van der Waals surface area (Å²) >= 11 is 0. The standard InChI is InChI=1S/C19H14F3N3O2/c20-19(21,22)14-6-4-5-13(11-14)12-23-18(27)16-9-10-17(26)25(24-16)15-7-2-1-3-8-15/h1-11H,12H2,(H,23,27). The van der Waals surface area contributed by atoms with E-state index >= 15 is 0 Å². The van der Waals surface area contributed by atoms with Crippen molar-refractivity contribution >= 4 is 5.91 Å². The molecule has 0 unspecified atom stereocenters. The lowest BCUT2D eigenvalue weighted by atomic mass is 10.1. The molecule has 27 heavy (non-hydrogen) atoms. The predicted molar refractivity (Wildman–Crippen MR) is 92.4 cm³/mol. The molecule has 0 atom stereocenters. The van der Waals surface area contributed by atoms with Gasteiger partial charge in [0.15, 0.2) is 0 Å². The van der Waals surface area contributed by atoms with Crippen molar-refractivity contribution in [2.45, 2.75) is 12.7 Å². The Morgan fingerprint density at radius 2 is 1.74 bits per heavy atom.